The van der Waals surface area contributed by atoms with Gasteiger partial charge in [0.15, 0.2) is 0 Å². The van der Waals surface area contributed by atoms with E-state index in [0.717, 1.165) is 47.1 Å². The van der Waals surface area contributed by atoms with Crippen LogP contribution in [0.5, 0.6) is 0 Å². The van der Waals surface area contributed by atoms with E-state index in [1.54, 1.807) is 43.3 Å². The number of unbranched alkanes of at least 4 members (excludes halogenated alkanes) is 1. The molecule has 4 rings (SSSR count). The van der Waals surface area contributed by atoms with Gasteiger partial charge in [0, 0.05) is 12.1 Å². The van der Waals surface area contributed by atoms with E-state index in [1.165, 1.54) is 12.1 Å². The third-order valence-corrected chi connectivity index (χ3v) is 6.19. The summed E-state index contributed by atoms with van der Waals surface area (Å²) in [5, 5.41) is 11.0. The van der Waals surface area contributed by atoms with Gasteiger partial charge in [-0.25, -0.2) is 4.90 Å². The number of nitrogens with zero attached hydrogens (tertiary/aromatic N) is 2. The van der Waals surface area contributed by atoms with Crippen LogP contribution in [0.1, 0.15) is 36.7 Å². The van der Waals surface area contributed by atoms with Crippen LogP contribution in [0, 0.1) is 17.0 Å². The van der Waals surface area contributed by atoms with Gasteiger partial charge in [-0.3, -0.25) is 19.7 Å². The molecule has 2 heterocycles. The van der Waals surface area contributed by atoms with Gasteiger partial charge < -0.3 is 4.42 Å². The second-order valence-electron chi connectivity index (χ2n) is 7.77. The highest BCUT2D eigenvalue weighted by atomic mass is 32.2. The van der Waals surface area contributed by atoms with Crippen molar-refractivity contribution in [3.05, 3.63) is 86.5 Å². The highest BCUT2D eigenvalue weighted by Gasteiger charge is 2.36. The number of nitro groups is 1. The number of benzene rings is 2. The molecule has 0 radical (unpaired) electrons. The van der Waals surface area contributed by atoms with Crippen LogP contribution in [0.4, 0.5) is 16.2 Å². The monoisotopic (exact) mass is 462 g/mol. The van der Waals surface area contributed by atoms with Crippen LogP contribution >= 0.6 is 11.8 Å². The molecule has 7 nitrogen and oxygen atoms in total. The molecule has 0 atom stereocenters. The van der Waals surface area contributed by atoms with Crippen molar-refractivity contribution in [3.63, 3.8) is 0 Å². The molecule has 0 spiro atoms. The Bertz CT molecular complexity index is 1260. The number of furan rings is 1. The average Bonchev–Trinajstić information content (AvgIpc) is 3.37. The summed E-state index contributed by atoms with van der Waals surface area (Å²) in [6.07, 6.45) is 4.63. The Morgan fingerprint density at radius 3 is 2.55 bits per heavy atom. The van der Waals surface area contributed by atoms with E-state index in [1.807, 2.05) is 12.1 Å². The van der Waals surface area contributed by atoms with E-state index in [4.69, 9.17) is 4.42 Å². The maximum absolute atomic E-state index is 12.9. The predicted molar refractivity (Wildman–Crippen MR) is 129 cm³/mol. The molecule has 33 heavy (non-hydrogen) atoms. The highest BCUT2D eigenvalue weighted by Crippen LogP contribution is 2.37. The Labute approximate surface area is 195 Å². The molecule has 168 valence electrons. The largest absolute Gasteiger partial charge is 0.456 e. The topological polar surface area (TPSA) is 93.7 Å². The summed E-state index contributed by atoms with van der Waals surface area (Å²) in [7, 11) is 0. The lowest BCUT2D eigenvalue weighted by Gasteiger charge is -2.13. The third kappa shape index (κ3) is 4.75. The number of rotatable bonds is 7. The number of hydrogen-bond donors (Lipinski definition) is 0. The molecule has 0 unspecified atom stereocenters. The molecule has 1 fully saturated rings. The summed E-state index contributed by atoms with van der Waals surface area (Å²) in [5.74, 6) is 0.223. The molecule has 2 aromatic carbocycles. The van der Waals surface area contributed by atoms with E-state index >= 15 is 0 Å². The van der Waals surface area contributed by atoms with Crippen molar-refractivity contribution in [2.75, 3.05) is 4.90 Å². The maximum atomic E-state index is 12.9. The molecule has 8 heteroatoms. The van der Waals surface area contributed by atoms with Crippen LogP contribution in [0.15, 0.2) is 63.9 Å². The molecule has 1 aliphatic rings. The number of amides is 2. The molecule has 1 aliphatic heterocycles. The number of thioether (sulfide) groups is 1. The second-order valence-corrected chi connectivity index (χ2v) is 8.76. The first-order valence-electron chi connectivity index (χ1n) is 10.6. The number of imide groups is 1. The smallest absolute Gasteiger partial charge is 0.298 e. The number of anilines is 1. The molecule has 3 aromatic rings. The minimum atomic E-state index is -0.455. The van der Waals surface area contributed by atoms with Crippen molar-refractivity contribution in [1.29, 1.82) is 0 Å². The Balaban J connectivity index is 1.57. The highest BCUT2D eigenvalue weighted by molar-refractivity contribution is 8.19. The standard InChI is InChI=1S/C25H22N2O5S/c1-3-4-5-17-7-9-18(10-8-17)26-24(28)23(33-25(26)29)15-19-11-13-22(32-19)20-12-6-16(2)14-21(20)27(30)31/h6-15H,3-5H2,1-2H3/b23-15+. The summed E-state index contributed by atoms with van der Waals surface area (Å²) in [5.41, 5.74) is 2.75. The molecule has 1 aromatic heterocycles. The van der Waals surface area contributed by atoms with Crippen molar-refractivity contribution in [1.82, 2.24) is 0 Å². The zero-order valence-electron chi connectivity index (χ0n) is 18.2. The summed E-state index contributed by atoms with van der Waals surface area (Å²) in [6, 6.07) is 15.6. The Morgan fingerprint density at radius 1 is 1.09 bits per heavy atom. The molecule has 0 bridgehead atoms. The van der Waals surface area contributed by atoms with Gasteiger partial charge in [0.05, 0.1) is 21.1 Å². The molecule has 2 amide bonds. The minimum absolute atomic E-state index is 0.0568. The van der Waals surface area contributed by atoms with Crippen LogP contribution in [-0.4, -0.2) is 16.1 Å². The number of hydrogen-bond acceptors (Lipinski definition) is 6. The van der Waals surface area contributed by atoms with Crippen LogP contribution in [0.3, 0.4) is 0 Å². The van der Waals surface area contributed by atoms with Crippen molar-refractivity contribution >= 4 is 40.4 Å². The lowest BCUT2D eigenvalue weighted by Crippen LogP contribution is -2.27. The van der Waals surface area contributed by atoms with Gasteiger partial charge in [-0.1, -0.05) is 31.5 Å². The average molecular weight is 463 g/mol. The van der Waals surface area contributed by atoms with Gasteiger partial charge in [-0.2, -0.15) is 0 Å². The summed E-state index contributed by atoms with van der Waals surface area (Å²) >= 11 is 0.835. The SMILES string of the molecule is CCCCc1ccc(N2C(=O)S/C(=C/c3ccc(-c4ccc(C)cc4[N+](=O)[O-])o3)C2=O)cc1. The third-order valence-electron chi connectivity index (χ3n) is 5.32. The number of carbonyl (C=O) groups excluding carboxylic acids is 2. The summed E-state index contributed by atoms with van der Waals surface area (Å²) < 4.78 is 5.76. The van der Waals surface area contributed by atoms with E-state index in [2.05, 4.69) is 6.92 Å². The van der Waals surface area contributed by atoms with Crippen molar-refractivity contribution in [2.45, 2.75) is 33.1 Å². The zero-order valence-corrected chi connectivity index (χ0v) is 19.1. The molecule has 1 saturated heterocycles. The van der Waals surface area contributed by atoms with E-state index in [9.17, 15) is 19.7 Å². The quantitative estimate of drug-likeness (QED) is 0.219. The van der Waals surface area contributed by atoms with Gasteiger partial charge in [0.1, 0.15) is 11.5 Å². The fourth-order valence-electron chi connectivity index (χ4n) is 3.59. The van der Waals surface area contributed by atoms with Gasteiger partial charge in [-0.05, 0) is 73.0 Å². The van der Waals surface area contributed by atoms with Gasteiger partial charge in [-0.15, -0.1) is 0 Å². The second kappa shape index (κ2) is 9.46. The first-order chi connectivity index (χ1) is 15.9. The Morgan fingerprint density at radius 2 is 1.85 bits per heavy atom. The van der Waals surface area contributed by atoms with Crippen LogP contribution in [0.25, 0.3) is 17.4 Å². The molecular formula is C25H22N2O5S. The van der Waals surface area contributed by atoms with E-state index in [0.29, 0.717) is 22.8 Å². The van der Waals surface area contributed by atoms with E-state index in [-0.39, 0.29) is 15.8 Å². The first kappa shape index (κ1) is 22.5. The van der Waals surface area contributed by atoms with Crippen molar-refractivity contribution < 1.29 is 18.9 Å². The van der Waals surface area contributed by atoms with Crippen molar-refractivity contribution in [3.8, 4) is 11.3 Å². The minimum Gasteiger partial charge on any atom is -0.456 e. The summed E-state index contributed by atoms with van der Waals surface area (Å²) in [6.45, 7) is 3.91. The molecule has 0 saturated carbocycles. The molecule has 0 aliphatic carbocycles. The predicted octanol–water partition coefficient (Wildman–Crippen LogP) is 6.75. The van der Waals surface area contributed by atoms with Gasteiger partial charge in [0.25, 0.3) is 16.8 Å². The number of aryl methyl sites for hydroxylation is 2. The maximum Gasteiger partial charge on any atom is 0.298 e. The fraction of sp³-hybridized carbons (Fsp3) is 0.200. The Kier molecular flexibility index (Phi) is 6.46. The van der Waals surface area contributed by atoms with Crippen LogP contribution < -0.4 is 4.90 Å². The molecular weight excluding hydrogens is 440 g/mol. The normalized spacial score (nSPS) is 15.0. The van der Waals surface area contributed by atoms with Gasteiger partial charge in [0.2, 0.25) is 0 Å². The lowest BCUT2D eigenvalue weighted by molar-refractivity contribution is -0.384. The Hall–Kier alpha value is -3.65. The fourth-order valence-corrected chi connectivity index (χ4v) is 4.41. The number of carbonyl (C=O) groups is 2. The number of nitro benzene ring substituents is 1. The van der Waals surface area contributed by atoms with E-state index < -0.39 is 10.8 Å². The van der Waals surface area contributed by atoms with Gasteiger partial charge >= 0.3 is 0 Å². The van der Waals surface area contributed by atoms with Crippen LogP contribution in [0.2, 0.25) is 0 Å². The molecule has 0 N–H and O–H groups in total. The zero-order chi connectivity index (χ0) is 23.5. The lowest BCUT2D eigenvalue weighted by atomic mass is 10.1. The van der Waals surface area contributed by atoms with Crippen LogP contribution in [-0.2, 0) is 11.2 Å². The first-order valence-corrected chi connectivity index (χ1v) is 11.4. The summed E-state index contributed by atoms with van der Waals surface area (Å²) in [4.78, 5) is 37.8. The van der Waals surface area contributed by atoms with Crippen molar-refractivity contribution in [2.24, 2.45) is 0 Å².